The molecule has 1 aromatic heterocycles. The fourth-order valence-corrected chi connectivity index (χ4v) is 3.42. The van der Waals surface area contributed by atoms with Crippen molar-refractivity contribution in [2.24, 2.45) is 0 Å². The van der Waals surface area contributed by atoms with Crippen LogP contribution in [-0.2, 0) is 0 Å². The van der Waals surface area contributed by atoms with Gasteiger partial charge < -0.3 is 4.42 Å². The molecule has 0 bridgehead atoms. The van der Waals surface area contributed by atoms with E-state index in [4.69, 9.17) is 4.42 Å². The molecule has 1 heterocycles. The Morgan fingerprint density at radius 1 is 0.696 bits per heavy atom. The van der Waals surface area contributed by atoms with Gasteiger partial charge in [-0.25, -0.2) is 0 Å². The van der Waals surface area contributed by atoms with Gasteiger partial charge in [-0.15, -0.1) is 0 Å². The molecular weight excluding hydrogens is 280 g/mol. The molecule has 0 saturated heterocycles. The molecule has 0 fully saturated rings. The Hall–Kier alpha value is -2.54. The smallest absolute Gasteiger partial charge is 0.143 e. The summed E-state index contributed by atoms with van der Waals surface area (Å²) in [4.78, 5) is 0. The van der Waals surface area contributed by atoms with Gasteiger partial charge >= 0.3 is 0 Å². The van der Waals surface area contributed by atoms with Crippen molar-refractivity contribution in [2.75, 3.05) is 0 Å². The van der Waals surface area contributed by atoms with Crippen LogP contribution in [0.1, 0.15) is 30.9 Å². The fourth-order valence-electron chi connectivity index (χ4n) is 3.42. The zero-order valence-electron chi connectivity index (χ0n) is 13.8. The molecule has 23 heavy (non-hydrogen) atoms. The first kappa shape index (κ1) is 14.1. The maximum Gasteiger partial charge on any atom is 0.143 e. The number of rotatable bonds is 2. The second-order valence-corrected chi connectivity index (χ2v) is 6.48. The number of fused-ring (bicyclic) bond motifs is 3. The Bertz CT molecular complexity index is 1010. The van der Waals surface area contributed by atoms with Gasteiger partial charge in [-0.3, -0.25) is 0 Å². The predicted octanol–water partition coefficient (Wildman–Crippen LogP) is 6.68. The highest BCUT2D eigenvalue weighted by Gasteiger charge is 2.15. The predicted molar refractivity (Wildman–Crippen MR) is 98.0 cm³/mol. The SMILES string of the molecule is Cc1cccc2c1oc1c(-c3ccccc3C(C)C)cccc12. The minimum absolute atomic E-state index is 0.479. The lowest BCUT2D eigenvalue weighted by Gasteiger charge is -2.13. The lowest BCUT2D eigenvalue weighted by molar-refractivity contribution is 0.666. The van der Waals surface area contributed by atoms with E-state index in [1.807, 2.05) is 0 Å². The molecule has 0 spiro atoms. The van der Waals surface area contributed by atoms with Gasteiger partial charge in [0.1, 0.15) is 11.2 Å². The highest BCUT2D eigenvalue weighted by Crippen LogP contribution is 2.39. The summed E-state index contributed by atoms with van der Waals surface area (Å²) in [6, 6.07) is 21.4. The molecule has 0 saturated carbocycles. The van der Waals surface area contributed by atoms with Crippen LogP contribution in [0.2, 0.25) is 0 Å². The summed E-state index contributed by atoms with van der Waals surface area (Å²) in [5.74, 6) is 0.479. The van der Waals surface area contributed by atoms with E-state index in [-0.39, 0.29) is 0 Å². The number of hydrogen-bond acceptors (Lipinski definition) is 1. The lowest BCUT2D eigenvalue weighted by atomic mass is 9.92. The Morgan fingerprint density at radius 3 is 2.13 bits per heavy atom. The van der Waals surface area contributed by atoms with Crippen LogP contribution in [0.5, 0.6) is 0 Å². The third-order valence-electron chi connectivity index (χ3n) is 4.59. The topological polar surface area (TPSA) is 13.1 Å². The van der Waals surface area contributed by atoms with Crippen molar-refractivity contribution in [1.82, 2.24) is 0 Å². The maximum atomic E-state index is 6.30. The first-order valence-electron chi connectivity index (χ1n) is 8.17. The molecule has 1 heteroatoms. The van der Waals surface area contributed by atoms with Crippen LogP contribution in [0.3, 0.4) is 0 Å². The third-order valence-corrected chi connectivity index (χ3v) is 4.59. The maximum absolute atomic E-state index is 6.30. The van der Waals surface area contributed by atoms with Gasteiger partial charge in [-0.2, -0.15) is 0 Å². The summed E-state index contributed by atoms with van der Waals surface area (Å²) in [7, 11) is 0. The van der Waals surface area contributed by atoms with Crippen LogP contribution in [0, 0.1) is 6.92 Å². The van der Waals surface area contributed by atoms with Crippen molar-refractivity contribution in [3.63, 3.8) is 0 Å². The number of para-hydroxylation sites is 2. The molecule has 0 aliphatic carbocycles. The Morgan fingerprint density at radius 2 is 1.35 bits per heavy atom. The minimum Gasteiger partial charge on any atom is -0.455 e. The van der Waals surface area contributed by atoms with E-state index in [0.29, 0.717) is 5.92 Å². The van der Waals surface area contributed by atoms with E-state index >= 15 is 0 Å². The van der Waals surface area contributed by atoms with E-state index in [1.165, 1.54) is 33.0 Å². The molecule has 0 atom stereocenters. The zero-order chi connectivity index (χ0) is 16.0. The minimum atomic E-state index is 0.479. The van der Waals surface area contributed by atoms with Crippen LogP contribution in [0.4, 0.5) is 0 Å². The van der Waals surface area contributed by atoms with Gasteiger partial charge in [0.25, 0.3) is 0 Å². The molecule has 0 amide bonds. The highest BCUT2D eigenvalue weighted by atomic mass is 16.3. The lowest BCUT2D eigenvalue weighted by Crippen LogP contribution is -1.92. The first-order chi connectivity index (χ1) is 11.2. The van der Waals surface area contributed by atoms with E-state index in [2.05, 4.69) is 81.4 Å². The molecule has 1 nitrogen and oxygen atoms in total. The summed E-state index contributed by atoms with van der Waals surface area (Å²) in [6.45, 7) is 6.58. The Balaban J connectivity index is 2.10. The van der Waals surface area contributed by atoms with E-state index in [9.17, 15) is 0 Å². The van der Waals surface area contributed by atoms with Gasteiger partial charge in [-0.05, 0) is 29.5 Å². The molecule has 0 aliphatic heterocycles. The average molecular weight is 300 g/mol. The van der Waals surface area contributed by atoms with Crippen LogP contribution < -0.4 is 0 Å². The molecule has 3 aromatic carbocycles. The van der Waals surface area contributed by atoms with Crippen LogP contribution in [0.25, 0.3) is 33.1 Å². The van der Waals surface area contributed by atoms with Crippen LogP contribution in [-0.4, -0.2) is 0 Å². The largest absolute Gasteiger partial charge is 0.455 e. The molecule has 0 aliphatic rings. The molecule has 0 radical (unpaired) electrons. The standard InChI is InChI=1S/C22H20O/c1-14(2)16-9-4-5-10-17(16)18-12-7-13-20-19-11-6-8-15(3)21(19)23-22(18)20/h4-14H,1-3H3. The zero-order valence-corrected chi connectivity index (χ0v) is 13.8. The summed E-state index contributed by atoms with van der Waals surface area (Å²) >= 11 is 0. The fraction of sp³-hybridized carbons (Fsp3) is 0.182. The Kier molecular flexibility index (Phi) is 3.23. The summed E-state index contributed by atoms with van der Waals surface area (Å²) in [5, 5.41) is 2.39. The van der Waals surface area contributed by atoms with Crippen molar-refractivity contribution >= 4 is 21.9 Å². The van der Waals surface area contributed by atoms with Crippen molar-refractivity contribution in [2.45, 2.75) is 26.7 Å². The van der Waals surface area contributed by atoms with Gasteiger partial charge in [0.05, 0.1) is 0 Å². The van der Waals surface area contributed by atoms with Crippen molar-refractivity contribution in [3.8, 4) is 11.1 Å². The van der Waals surface area contributed by atoms with Gasteiger partial charge in [-0.1, -0.05) is 74.5 Å². The normalized spacial score (nSPS) is 11.7. The second kappa shape index (κ2) is 5.27. The van der Waals surface area contributed by atoms with E-state index < -0.39 is 0 Å². The van der Waals surface area contributed by atoms with Crippen molar-refractivity contribution in [1.29, 1.82) is 0 Å². The van der Waals surface area contributed by atoms with E-state index in [0.717, 1.165) is 11.2 Å². The van der Waals surface area contributed by atoms with Crippen molar-refractivity contribution < 1.29 is 4.42 Å². The molecule has 4 rings (SSSR count). The molecule has 0 N–H and O–H groups in total. The average Bonchev–Trinajstić information content (AvgIpc) is 2.95. The summed E-state index contributed by atoms with van der Waals surface area (Å²) in [5.41, 5.74) is 6.98. The first-order valence-corrected chi connectivity index (χ1v) is 8.17. The number of hydrogen-bond donors (Lipinski definition) is 0. The molecule has 4 aromatic rings. The Labute approximate surface area is 136 Å². The summed E-state index contributed by atoms with van der Waals surface area (Å²) < 4.78 is 6.30. The van der Waals surface area contributed by atoms with Crippen molar-refractivity contribution in [3.05, 3.63) is 71.8 Å². The highest BCUT2D eigenvalue weighted by molar-refractivity contribution is 6.10. The van der Waals surface area contributed by atoms with Crippen LogP contribution >= 0.6 is 0 Å². The van der Waals surface area contributed by atoms with Gasteiger partial charge in [0, 0.05) is 16.3 Å². The van der Waals surface area contributed by atoms with Crippen LogP contribution in [0.15, 0.2) is 65.1 Å². The number of aryl methyl sites for hydroxylation is 1. The van der Waals surface area contributed by atoms with Gasteiger partial charge in [0.15, 0.2) is 0 Å². The summed E-state index contributed by atoms with van der Waals surface area (Å²) in [6.07, 6.45) is 0. The molecule has 114 valence electrons. The number of benzene rings is 3. The number of furan rings is 1. The van der Waals surface area contributed by atoms with E-state index in [1.54, 1.807) is 0 Å². The third kappa shape index (κ3) is 2.16. The molecule has 0 unspecified atom stereocenters. The quantitative estimate of drug-likeness (QED) is 0.402. The van der Waals surface area contributed by atoms with Gasteiger partial charge in [0.2, 0.25) is 0 Å². The molecular formula is C22H20O. The monoisotopic (exact) mass is 300 g/mol. The second-order valence-electron chi connectivity index (χ2n) is 6.48.